The number of amides is 2. The molecule has 2 N–H and O–H groups in total. The van der Waals surface area contributed by atoms with Crippen LogP contribution in [0.5, 0.6) is 0 Å². The zero-order valence-corrected chi connectivity index (χ0v) is 15.5. The van der Waals surface area contributed by atoms with Gasteiger partial charge in [-0.1, -0.05) is 37.3 Å². The topological polar surface area (TPSA) is 47.6 Å². The van der Waals surface area contributed by atoms with Crippen LogP contribution in [0, 0.1) is 0 Å². The third-order valence-electron chi connectivity index (χ3n) is 4.94. The summed E-state index contributed by atoms with van der Waals surface area (Å²) in [4.78, 5) is 17.0. The Morgan fingerprint density at radius 2 is 1.67 bits per heavy atom. The van der Waals surface area contributed by atoms with Crippen molar-refractivity contribution in [3.05, 3.63) is 35.9 Å². The van der Waals surface area contributed by atoms with Crippen LogP contribution in [-0.4, -0.2) is 67.7 Å². The van der Waals surface area contributed by atoms with Crippen molar-refractivity contribution in [2.24, 2.45) is 0 Å². The van der Waals surface area contributed by atoms with Gasteiger partial charge in [0.25, 0.3) is 0 Å². The molecule has 0 aliphatic carbocycles. The van der Waals surface area contributed by atoms with Gasteiger partial charge < -0.3 is 15.5 Å². The summed E-state index contributed by atoms with van der Waals surface area (Å²) in [7, 11) is 2.15. The van der Waals surface area contributed by atoms with E-state index in [4.69, 9.17) is 0 Å². The highest BCUT2D eigenvalue weighted by Crippen LogP contribution is 2.18. The quantitative estimate of drug-likeness (QED) is 0.839. The van der Waals surface area contributed by atoms with E-state index < -0.39 is 0 Å². The lowest BCUT2D eigenvalue weighted by atomic mass is 9.94. The van der Waals surface area contributed by atoms with Crippen molar-refractivity contribution in [3.8, 4) is 0 Å². The summed E-state index contributed by atoms with van der Waals surface area (Å²) in [5, 5.41) is 6.15. The Morgan fingerprint density at radius 3 is 2.29 bits per heavy atom. The fourth-order valence-corrected chi connectivity index (χ4v) is 3.11. The van der Waals surface area contributed by atoms with Crippen LogP contribution in [0.1, 0.15) is 32.3 Å². The van der Waals surface area contributed by atoms with Gasteiger partial charge in [0.05, 0.1) is 0 Å². The molecule has 1 aromatic carbocycles. The first-order valence-corrected chi connectivity index (χ1v) is 8.98. The minimum Gasteiger partial charge on any atom is -0.335 e. The van der Waals surface area contributed by atoms with Crippen molar-refractivity contribution in [1.29, 1.82) is 0 Å². The molecule has 0 aromatic heterocycles. The van der Waals surface area contributed by atoms with Crippen LogP contribution in [0.25, 0.3) is 0 Å². The lowest BCUT2D eigenvalue weighted by Gasteiger charge is -2.34. The minimum absolute atomic E-state index is 0.0769. The van der Waals surface area contributed by atoms with E-state index in [1.165, 1.54) is 5.56 Å². The Labute approximate surface area is 146 Å². The van der Waals surface area contributed by atoms with E-state index in [0.29, 0.717) is 0 Å². The second kappa shape index (κ2) is 9.04. The van der Waals surface area contributed by atoms with E-state index in [9.17, 15) is 4.79 Å². The molecule has 1 aliphatic heterocycles. The smallest absolute Gasteiger partial charge is 0.315 e. The molecule has 5 nitrogen and oxygen atoms in total. The third kappa shape index (κ3) is 5.80. The lowest BCUT2D eigenvalue weighted by molar-refractivity contribution is 0.144. The van der Waals surface area contributed by atoms with Crippen LogP contribution in [0.15, 0.2) is 30.3 Å². The molecule has 134 valence electrons. The van der Waals surface area contributed by atoms with Gasteiger partial charge in [0, 0.05) is 50.7 Å². The molecular weight excluding hydrogens is 300 g/mol. The number of carbonyl (C=O) groups excluding carboxylic acids is 1. The van der Waals surface area contributed by atoms with Crippen LogP contribution < -0.4 is 10.6 Å². The predicted octanol–water partition coefficient (Wildman–Crippen LogP) is 2.11. The molecule has 1 aromatic rings. The Morgan fingerprint density at radius 1 is 1.04 bits per heavy atom. The standard InChI is InChI=1S/C19H32N4O/c1-15(14-23-12-10-22(4)11-13-23)20-19(24)21-17(3)16(2)18-8-6-5-7-9-18/h5-9,15-17H,10-14H2,1-4H3,(H2,20,21,24)/t15-,16+,17+/m1/s1. The second-order valence-electron chi connectivity index (χ2n) is 7.11. The van der Waals surface area contributed by atoms with Gasteiger partial charge in [-0.2, -0.15) is 0 Å². The van der Waals surface area contributed by atoms with Crippen molar-refractivity contribution in [1.82, 2.24) is 20.4 Å². The van der Waals surface area contributed by atoms with Gasteiger partial charge in [-0.3, -0.25) is 4.90 Å². The molecule has 0 spiro atoms. The highest BCUT2D eigenvalue weighted by atomic mass is 16.2. The molecule has 2 rings (SSSR count). The van der Waals surface area contributed by atoms with Crippen molar-refractivity contribution >= 4 is 6.03 Å². The Kier molecular flexibility index (Phi) is 7.06. The molecule has 1 heterocycles. The average molecular weight is 332 g/mol. The van der Waals surface area contributed by atoms with E-state index in [2.05, 4.69) is 60.4 Å². The molecule has 1 aliphatic rings. The van der Waals surface area contributed by atoms with Crippen molar-refractivity contribution < 1.29 is 4.79 Å². The maximum atomic E-state index is 12.2. The van der Waals surface area contributed by atoms with Gasteiger partial charge in [-0.05, 0) is 26.5 Å². The Bertz CT molecular complexity index is 499. The zero-order chi connectivity index (χ0) is 17.5. The first kappa shape index (κ1) is 18.7. The van der Waals surface area contributed by atoms with Gasteiger partial charge >= 0.3 is 6.03 Å². The fraction of sp³-hybridized carbons (Fsp3) is 0.632. The van der Waals surface area contributed by atoms with Crippen molar-refractivity contribution in [3.63, 3.8) is 0 Å². The first-order valence-electron chi connectivity index (χ1n) is 8.98. The number of benzene rings is 1. The normalized spacial score (nSPS) is 20.2. The van der Waals surface area contributed by atoms with Gasteiger partial charge in [0.15, 0.2) is 0 Å². The van der Waals surface area contributed by atoms with Crippen LogP contribution in [0.4, 0.5) is 4.79 Å². The number of carbonyl (C=O) groups is 1. The molecule has 24 heavy (non-hydrogen) atoms. The van der Waals surface area contributed by atoms with E-state index in [0.717, 1.165) is 32.7 Å². The van der Waals surface area contributed by atoms with E-state index in [1.54, 1.807) is 0 Å². The summed E-state index contributed by atoms with van der Waals surface area (Å²) in [6.45, 7) is 11.5. The van der Waals surface area contributed by atoms with Gasteiger partial charge in [0.2, 0.25) is 0 Å². The van der Waals surface area contributed by atoms with E-state index >= 15 is 0 Å². The molecule has 0 unspecified atom stereocenters. The molecule has 0 bridgehead atoms. The number of hydrogen-bond acceptors (Lipinski definition) is 3. The monoisotopic (exact) mass is 332 g/mol. The van der Waals surface area contributed by atoms with Crippen molar-refractivity contribution in [2.75, 3.05) is 39.8 Å². The summed E-state index contributed by atoms with van der Waals surface area (Å²) in [6, 6.07) is 10.5. The molecule has 1 saturated heterocycles. The minimum atomic E-state index is -0.0769. The number of likely N-dealkylation sites (N-methyl/N-ethyl adjacent to an activating group) is 1. The molecule has 2 amide bonds. The molecular formula is C19H32N4O. The number of urea groups is 1. The second-order valence-corrected chi connectivity index (χ2v) is 7.11. The molecule has 0 radical (unpaired) electrons. The summed E-state index contributed by atoms with van der Waals surface area (Å²) < 4.78 is 0. The molecule has 5 heteroatoms. The number of piperazine rings is 1. The zero-order valence-electron chi connectivity index (χ0n) is 15.5. The molecule has 3 atom stereocenters. The van der Waals surface area contributed by atoms with E-state index in [1.807, 2.05) is 18.2 Å². The summed E-state index contributed by atoms with van der Waals surface area (Å²) >= 11 is 0. The number of hydrogen-bond donors (Lipinski definition) is 2. The third-order valence-corrected chi connectivity index (χ3v) is 4.94. The maximum absolute atomic E-state index is 12.2. The number of nitrogens with one attached hydrogen (secondary N) is 2. The molecule has 0 saturated carbocycles. The van der Waals surface area contributed by atoms with Gasteiger partial charge in [-0.15, -0.1) is 0 Å². The fourth-order valence-electron chi connectivity index (χ4n) is 3.11. The number of rotatable bonds is 6. The molecule has 1 fully saturated rings. The average Bonchev–Trinajstić information content (AvgIpc) is 2.56. The van der Waals surface area contributed by atoms with Crippen molar-refractivity contribution in [2.45, 2.75) is 38.8 Å². The largest absolute Gasteiger partial charge is 0.335 e. The SMILES string of the molecule is C[C@H](CN1CCN(C)CC1)NC(=O)N[C@@H](C)[C@H](C)c1ccccc1. The predicted molar refractivity (Wildman–Crippen MR) is 99.4 cm³/mol. The van der Waals surface area contributed by atoms with Gasteiger partial charge in [0.1, 0.15) is 0 Å². The highest BCUT2D eigenvalue weighted by Gasteiger charge is 2.19. The van der Waals surface area contributed by atoms with Gasteiger partial charge in [-0.25, -0.2) is 4.79 Å². The maximum Gasteiger partial charge on any atom is 0.315 e. The van der Waals surface area contributed by atoms with Crippen LogP contribution in [0.3, 0.4) is 0 Å². The summed E-state index contributed by atoms with van der Waals surface area (Å²) in [6.07, 6.45) is 0. The van der Waals surface area contributed by atoms with Crippen LogP contribution in [0.2, 0.25) is 0 Å². The Balaban J connectivity index is 1.73. The Hall–Kier alpha value is -1.59. The van der Waals surface area contributed by atoms with E-state index in [-0.39, 0.29) is 24.0 Å². The summed E-state index contributed by atoms with van der Waals surface area (Å²) in [5.41, 5.74) is 1.25. The first-order chi connectivity index (χ1) is 11.5. The highest BCUT2D eigenvalue weighted by molar-refractivity contribution is 5.74. The van der Waals surface area contributed by atoms with Crippen LogP contribution >= 0.6 is 0 Å². The number of nitrogens with zero attached hydrogens (tertiary/aromatic N) is 2. The lowest BCUT2D eigenvalue weighted by Crippen LogP contribution is -2.52. The van der Waals surface area contributed by atoms with Crippen LogP contribution in [-0.2, 0) is 0 Å². The summed E-state index contributed by atoms with van der Waals surface area (Å²) in [5.74, 6) is 0.282.